The lowest BCUT2D eigenvalue weighted by Crippen LogP contribution is -2.34. The Labute approximate surface area is 197 Å². The van der Waals surface area contributed by atoms with Crippen LogP contribution in [0.3, 0.4) is 0 Å². The average Bonchev–Trinajstić information content (AvgIpc) is 3.19. The van der Waals surface area contributed by atoms with E-state index in [1.165, 1.54) is 4.68 Å². The van der Waals surface area contributed by atoms with Crippen LogP contribution in [0.25, 0.3) is 22.4 Å². The number of nitrogens with zero attached hydrogens (tertiary/aromatic N) is 6. The van der Waals surface area contributed by atoms with Crippen LogP contribution < -0.4 is 10.5 Å². The van der Waals surface area contributed by atoms with Crippen molar-refractivity contribution in [1.29, 1.82) is 5.26 Å². The molecule has 168 valence electrons. The second-order valence-electron chi connectivity index (χ2n) is 7.92. The van der Waals surface area contributed by atoms with Crippen molar-refractivity contribution in [1.82, 2.24) is 19.3 Å². The fraction of sp³-hybridized carbons (Fsp3) is 0.280. The molecule has 4 aromatic rings. The number of halogens is 1. The van der Waals surface area contributed by atoms with Crippen molar-refractivity contribution in [2.75, 3.05) is 18.0 Å². The highest BCUT2D eigenvalue weighted by Crippen LogP contribution is 2.25. The zero-order valence-corrected chi connectivity index (χ0v) is 19.7. The second kappa shape index (κ2) is 9.47. The lowest BCUT2D eigenvalue weighted by atomic mass is 10.2. The van der Waals surface area contributed by atoms with Crippen molar-refractivity contribution in [2.45, 2.75) is 33.6 Å². The van der Waals surface area contributed by atoms with Crippen LogP contribution in [0.1, 0.15) is 37.9 Å². The predicted molar refractivity (Wildman–Crippen MR) is 132 cm³/mol. The van der Waals surface area contributed by atoms with Gasteiger partial charge in [-0.2, -0.15) is 10.4 Å². The van der Waals surface area contributed by atoms with Crippen LogP contribution in [0.4, 0.5) is 5.95 Å². The van der Waals surface area contributed by atoms with E-state index in [0.29, 0.717) is 27.9 Å². The van der Waals surface area contributed by atoms with Crippen LogP contribution in [0, 0.1) is 18.3 Å². The van der Waals surface area contributed by atoms with Gasteiger partial charge >= 0.3 is 0 Å². The third-order valence-corrected chi connectivity index (χ3v) is 5.67. The molecule has 0 aliphatic heterocycles. The van der Waals surface area contributed by atoms with Gasteiger partial charge in [-0.25, -0.2) is 14.2 Å². The Morgan fingerprint density at radius 1 is 1.00 bits per heavy atom. The summed E-state index contributed by atoms with van der Waals surface area (Å²) in [4.78, 5) is 21.0. The largest absolute Gasteiger partial charge is 0.342 e. The minimum Gasteiger partial charge on any atom is -0.342 e. The standard InChI is InChI=1S/C25H25ClN6O/c1-4-14-30(15-5-2)25-28-22-21(16-27)29-32(20-10-6-17(3)7-11-20)23(22)24(33)31(25)19-12-8-18(26)9-13-19/h6-13H,4-5,14-15H2,1-3H3. The number of aromatic nitrogens is 4. The van der Waals surface area contributed by atoms with E-state index >= 15 is 0 Å². The molecule has 0 saturated carbocycles. The van der Waals surface area contributed by atoms with Gasteiger partial charge in [0.25, 0.3) is 5.56 Å². The second-order valence-corrected chi connectivity index (χ2v) is 8.36. The number of hydrogen-bond acceptors (Lipinski definition) is 5. The van der Waals surface area contributed by atoms with E-state index in [4.69, 9.17) is 16.6 Å². The van der Waals surface area contributed by atoms with E-state index in [2.05, 4.69) is 29.9 Å². The average molecular weight is 461 g/mol. The lowest BCUT2D eigenvalue weighted by Gasteiger charge is -2.25. The molecule has 0 aliphatic carbocycles. The molecule has 0 atom stereocenters. The van der Waals surface area contributed by atoms with Gasteiger partial charge in [-0.1, -0.05) is 43.1 Å². The molecule has 2 aromatic carbocycles. The van der Waals surface area contributed by atoms with Crippen molar-refractivity contribution in [3.8, 4) is 17.4 Å². The van der Waals surface area contributed by atoms with Crippen molar-refractivity contribution in [3.05, 3.63) is 75.2 Å². The molecule has 0 saturated heterocycles. The van der Waals surface area contributed by atoms with Gasteiger partial charge in [0.1, 0.15) is 11.6 Å². The number of benzene rings is 2. The molecule has 4 rings (SSSR count). The van der Waals surface area contributed by atoms with Crippen LogP contribution in [0.5, 0.6) is 0 Å². The fourth-order valence-corrected chi connectivity index (χ4v) is 4.02. The van der Waals surface area contributed by atoms with Gasteiger partial charge in [-0.15, -0.1) is 0 Å². The van der Waals surface area contributed by atoms with Crippen LogP contribution in [-0.4, -0.2) is 32.4 Å². The van der Waals surface area contributed by atoms with Crippen molar-refractivity contribution in [2.24, 2.45) is 0 Å². The van der Waals surface area contributed by atoms with Gasteiger partial charge in [0.2, 0.25) is 5.95 Å². The molecule has 2 heterocycles. The van der Waals surface area contributed by atoms with E-state index in [0.717, 1.165) is 31.5 Å². The SMILES string of the molecule is CCCN(CCC)c1nc2c(C#N)nn(-c3ccc(C)cc3)c2c(=O)n1-c1ccc(Cl)cc1. The molecule has 33 heavy (non-hydrogen) atoms. The molecule has 0 N–H and O–H groups in total. The molecular formula is C25H25ClN6O. The Hall–Kier alpha value is -3.63. The smallest absolute Gasteiger partial charge is 0.286 e. The zero-order chi connectivity index (χ0) is 23.5. The van der Waals surface area contributed by atoms with Gasteiger partial charge in [-0.3, -0.25) is 4.79 Å². The summed E-state index contributed by atoms with van der Waals surface area (Å²) in [5.41, 5.74) is 2.85. The molecule has 0 bridgehead atoms. The van der Waals surface area contributed by atoms with Crippen LogP contribution in [0.2, 0.25) is 5.02 Å². The number of aryl methyl sites for hydroxylation is 1. The Balaban J connectivity index is 2.10. The lowest BCUT2D eigenvalue weighted by molar-refractivity contribution is 0.704. The minimum atomic E-state index is -0.288. The van der Waals surface area contributed by atoms with Crippen LogP contribution in [-0.2, 0) is 0 Å². The summed E-state index contributed by atoms with van der Waals surface area (Å²) in [6, 6.07) is 16.9. The normalized spacial score (nSPS) is 11.0. The maximum atomic E-state index is 14.0. The highest BCUT2D eigenvalue weighted by Gasteiger charge is 2.24. The summed E-state index contributed by atoms with van der Waals surface area (Å²) in [7, 11) is 0. The molecule has 0 amide bonds. The van der Waals surface area contributed by atoms with Crippen LogP contribution in [0.15, 0.2) is 53.3 Å². The quantitative estimate of drug-likeness (QED) is 0.386. The number of rotatable bonds is 7. The third-order valence-electron chi connectivity index (χ3n) is 5.42. The Bertz CT molecular complexity index is 1370. The first kappa shape index (κ1) is 22.6. The van der Waals surface area contributed by atoms with E-state index in [9.17, 15) is 10.1 Å². The summed E-state index contributed by atoms with van der Waals surface area (Å²) >= 11 is 6.11. The van der Waals surface area contributed by atoms with Crippen molar-refractivity contribution < 1.29 is 0 Å². The Kier molecular flexibility index (Phi) is 6.47. The summed E-state index contributed by atoms with van der Waals surface area (Å²) < 4.78 is 3.11. The van der Waals surface area contributed by atoms with E-state index < -0.39 is 0 Å². The number of hydrogen-bond donors (Lipinski definition) is 0. The van der Waals surface area contributed by atoms with Gasteiger partial charge in [0.15, 0.2) is 11.2 Å². The predicted octanol–water partition coefficient (Wildman–Crippen LogP) is 5.03. The van der Waals surface area contributed by atoms with Gasteiger partial charge in [0, 0.05) is 18.1 Å². The Morgan fingerprint density at radius 2 is 1.61 bits per heavy atom. The highest BCUT2D eigenvalue weighted by atomic mass is 35.5. The maximum Gasteiger partial charge on any atom is 0.286 e. The first-order valence-electron chi connectivity index (χ1n) is 11.0. The molecule has 2 aromatic heterocycles. The molecular weight excluding hydrogens is 436 g/mol. The van der Waals surface area contributed by atoms with E-state index in [-0.39, 0.29) is 16.8 Å². The van der Waals surface area contributed by atoms with E-state index in [1.54, 1.807) is 28.8 Å². The summed E-state index contributed by atoms with van der Waals surface area (Å²) in [5, 5.41) is 14.8. The van der Waals surface area contributed by atoms with Gasteiger partial charge < -0.3 is 4.90 Å². The van der Waals surface area contributed by atoms with Gasteiger partial charge in [-0.05, 0) is 56.2 Å². The molecule has 0 radical (unpaired) electrons. The molecule has 0 unspecified atom stereocenters. The first-order valence-corrected chi connectivity index (χ1v) is 11.4. The van der Waals surface area contributed by atoms with E-state index in [1.807, 2.05) is 31.2 Å². The molecule has 7 nitrogen and oxygen atoms in total. The monoisotopic (exact) mass is 460 g/mol. The zero-order valence-electron chi connectivity index (χ0n) is 18.9. The maximum absolute atomic E-state index is 14.0. The summed E-state index contributed by atoms with van der Waals surface area (Å²) in [6.45, 7) is 7.62. The molecule has 8 heteroatoms. The van der Waals surface area contributed by atoms with Crippen molar-refractivity contribution in [3.63, 3.8) is 0 Å². The number of fused-ring (bicyclic) bond motifs is 1. The van der Waals surface area contributed by atoms with Gasteiger partial charge in [0.05, 0.1) is 11.4 Å². The molecule has 0 aliphatic rings. The topological polar surface area (TPSA) is 79.7 Å². The first-order chi connectivity index (χ1) is 16.0. The molecule has 0 fully saturated rings. The number of nitriles is 1. The fourth-order valence-electron chi connectivity index (χ4n) is 3.89. The molecule has 0 spiro atoms. The Morgan fingerprint density at radius 3 is 2.18 bits per heavy atom. The third kappa shape index (κ3) is 4.22. The van der Waals surface area contributed by atoms with Crippen molar-refractivity contribution >= 4 is 28.6 Å². The summed E-state index contributed by atoms with van der Waals surface area (Å²) in [5.74, 6) is 0.499. The minimum absolute atomic E-state index is 0.125. The summed E-state index contributed by atoms with van der Waals surface area (Å²) in [6.07, 6.45) is 1.78. The highest BCUT2D eigenvalue weighted by molar-refractivity contribution is 6.30. The van der Waals surface area contributed by atoms with Crippen LogP contribution >= 0.6 is 11.6 Å². The number of anilines is 1.